The van der Waals surface area contributed by atoms with Crippen LogP contribution in [0, 0.1) is 0 Å². The van der Waals surface area contributed by atoms with Gasteiger partial charge in [0.1, 0.15) is 35.7 Å². The highest BCUT2D eigenvalue weighted by Gasteiger charge is 2.33. The van der Waals surface area contributed by atoms with Crippen molar-refractivity contribution in [2.45, 2.75) is 56.3 Å². The predicted octanol–water partition coefficient (Wildman–Crippen LogP) is 0.943. The van der Waals surface area contributed by atoms with Crippen molar-refractivity contribution in [2.75, 3.05) is 0 Å². The molecule has 1 aliphatic heterocycles. The molecule has 1 fully saturated rings. The number of carboxylic acids is 1. The van der Waals surface area contributed by atoms with Crippen LogP contribution in [-0.2, 0) is 43.2 Å². The first-order chi connectivity index (χ1) is 21.1. The first kappa shape index (κ1) is 31.5. The topological polar surface area (TPSA) is 194 Å². The second-order valence-electron chi connectivity index (χ2n) is 10.6. The largest absolute Gasteiger partial charge is 0.508 e. The van der Waals surface area contributed by atoms with Gasteiger partial charge in [-0.15, -0.1) is 0 Å². The lowest BCUT2D eigenvalue weighted by Gasteiger charge is -2.25. The number of rotatable bonds is 13. The Hall–Kier alpha value is -5.39. The van der Waals surface area contributed by atoms with Crippen molar-refractivity contribution in [1.29, 1.82) is 0 Å². The predicted molar refractivity (Wildman–Crippen MR) is 158 cm³/mol. The monoisotopic (exact) mass is 602 g/mol. The van der Waals surface area contributed by atoms with E-state index in [1.54, 1.807) is 42.5 Å². The van der Waals surface area contributed by atoms with Gasteiger partial charge in [0.15, 0.2) is 0 Å². The molecule has 0 aliphatic carbocycles. The number of benzene rings is 3. The fourth-order valence-electron chi connectivity index (χ4n) is 4.83. The Morgan fingerprint density at radius 3 is 1.61 bits per heavy atom. The number of hydrogen-bond donors (Lipinski definition) is 7. The molecule has 3 aromatic rings. The summed E-state index contributed by atoms with van der Waals surface area (Å²) in [5.41, 5.74) is 1.87. The molecular weight excluding hydrogens is 568 g/mol. The van der Waals surface area contributed by atoms with Crippen LogP contribution < -0.4 is 21.3 Å². The number of aromatic hydroxyl groups is 2. The lowest BCUT2D eigenvalue weighted by atomic mass is 10.0. The standard InChI is InChI=1S/C32H34N4O8/c37-22-10-6-20(7-11-22)17-26(31(42)36-27(32(43)44)18-21-8-12-23(38)13-9-21)35-30(41)25(16-19-4-2-1-3-5-19)34-29(40)24-14-15-28(39)33-24/h1-13,24-27,37-38H,14-18H2,(H,33,39)(H,34,40)(H,35,41)(H,36,42)(H,43,44). The van der Waals surface area contributed by atoms with Crippen molar-refractivity contribution >= 4 is 29.6 Å². The average Bonchev–Trinajstić information content (AvgIpc) is 3.45. The number of phenols is 2. The minimum absolute atomic E-state index is 0.00303. The summed E-state index contributed by atoms with van der Waals surface area (Å²) in [6, 6.07) is 16.3. The van der Waals surface area contributed by atoms with Gasteiger partial charge in [0.05, 0.1) is 0 Å². The molecular formula is C32H34N4O8. The van der Waals surface area contributed by atoms with Crippen molar-refractivity contribution in [3.63, 3.8) is 0 Å². The van der Waals surface area contributed by atoms with Crippen molar-refractivity contribution in [3.8, 4) is 11.5 Å². The van der Waals surface area contributed by atoms with Crippen LogP contribution in [0.5, 0.6) is 11.5 Å². The molecule has 0 bridgehead atoms. The third-order valence-electron chi connectivity index (χ3n) is 7.23. The van der Waals surface area contributed by atoms with Crippen LogP contribution in [-0.4, -0.2) is 69.1 Å². The van der Waals surface area contributed by atoms with Crippen LogP contribution in [0.15, 0.2) is 78.9 Å². The number of carbonyl (C=O) groups is 5. The van der Waals surface area contributed by atoms with Crippen LogP contribution >= 0.6 is 0 Å². The second-order valence-corrected chi connectivity index (χ2v) is 10.6. The molecule has 0 spiro atoms. The average molecular weight is 603 g/mol. The van der Waals surface area contributed by atoms with E-state index in [-0.39, 0.29) is 49.5 Å². The van der Waals surface area contributed by atoms with Gasteiger partial charge in [-0.1, -0.05) is 54.6 Å². The molecule has 1 heterocycles. The highest BCUT2D eigenvalue weighted by molar-refractivity contribution is 5.96. The molecule has 1 saturated heterocycles. The molecule has 7 N–H and O–H groups in total. The van der Waals surface area contributed by atoms with Crippen molar-refractivity contribution in [2.24, 2.45) is 0 Å². The molecule has 0 radical (unpaired) electrons. The second kappa shape index (κ2) is 14.7. The summed E-state index contributed by atoms with van der Waals surface area (Å²) in [7, 11) is 0. The summed E-state index contributed by atoms with van der Waals surface area (Å²) in [6.45, 7) is 0. The molecule has 4 unspecified atom stereocenters. The van der Waals surface area contributed by atoms with Crippen LogP contribution in [0.3, 0.4) is 0 Å². The summed E-state index contributed by atoms with van der Waals surface area (Å²) in [6.07, 6.45) is 0.436. The maximum Gasteiger partial charge on any atom is 0.326 e. The minimum atomic E-state index is -1.35. The van der Waals surface area contributed by atoms with Crippen molar-refractivity contribution < 1.29 is 39.3 Å². The van der Waals surface area contributed by atoms with Gasteiger partial charge in [0.2, 0.25) is 23.6 Å². The first-order valence-corrected chi connectivity index (χ1v) is 14.1. The molecule has 230 valence electrons. The summed E-state index contributed by atoms with van der Waals surface area (Å²) in [5.74, 6) is -3.54. The van der Waals surface area contributed by atoms with Crippen molar-refractivity contribution in [1.82, 2.24) is 21.3 Å². The Labute approximate surface area is 253 Å². The Kier molecular flexibility index (Phi) is 10.5. The van der Waals surface area contributed by atoms with Gasteiger partial charge in [0.25, 0.3) is 0 Å². The zero-order valence-electron chi connectivity index (χ0n) is 23.7. The van der Waals surface area contributed by atoms with Gasteiger partial charge < -0.3 is 36.6 Å². The molecule has 0 saturated carbocycles. The van der Waals surface area contributed by atoms with Gasteiger partial charge in [-0.2, -0.15) is 0 Å². The van der Waals surface area contributed by atoms with Crippen molar-refractivity contribution in [3.05, 3.63) is 95.6 Å². The summed E-state index contributed by atoms with van der Waals surface area (Å²) < 4.78 is 0. The van der Waals surface area contributed by atoms with Gasteiger partial charge >= 0.3 is 5.97 Å². The molecule has 4 amide bonds. The van der Waals surface area contributed by atoms with E-state index in [9.17, 15) is 39.3 Å². The van der Waals surface area contributed by atoms with E-state index in [2.05, 4.69) is 21.3 Å². The van der Waals surface area contributed by atoms with E-state index < -0.39 is 47.9 Å². The molecule has 12 heteroatoms. The van der Waals surface area contributed by atoms with Crippen LogP contribution in [0.4, 0.5) is 0 Å². The number of amides is 4. The number of nitrogens with one attached hydrogen (secondary N) is 4. The van der Waals surface area contributed by atoms with Crippen LogP contribution in [0.25, 0.3) is 0 Å². The van der Waals surface area contributed by atoms with E-state index in [0.717, 1.165) is 5.56 Å². The Balaban J connectivity index is 1.55. The summed E-state index contributed by atoms with van der Waals surface area (Å²) >= 11 is 0. The molecule has 4 rings (SSSR count). The number of aliphatic carboxylic acids is 1. The molecule has 4 atom stereocenters. The minimum Gasteiger partial charge on any atom is -0.508 e. The Morgan fingerprint density at radius 2 is 1.14 bits per heavy atom. The number of carboxylic acid groups (broad SMARTS) is 1. The fourth-order valence-corrected chi connectivity index (χ4v) is 4.83. The fraction of sp³-hybridized carbons (Fsp3) is 0.281. The molecule has 44 heavy (non-hydrogen) atoms. The number of carbonyl (C=O) groups excluding carboxylic acids is 4. The lowest BCUT2D eigenvalue weighted by molar-refractivity contribution is -0.142. The van der Waals surface area contributed by atoms with Gasteiger partial charge in [0, 0.05) is 25.7 Å². The van der Waals surface area contributed by atoms with Gasteiger partial charge in [-0.05, 0) is 47.4 Å². The normalized spacial score (nSPS) is 16.2. The first-order valence-electron chi connectivity index (χ1n) is 14.1. The maximum absolute atomic E-state index is 13.7. The third kappa shape index (κ3) is 9.05. The third-order valence-corrected chi connectivity index (χ3v) is 7.23. The van der Waals surface area contributed by atoms with Crippen LogP contribution in [0.1, 0.15) is 29.5 Å². The quantitative estimate of drug-likeness (QED) is 0.150. The summed E-state index contributed by atoms with van der Waals surface area (Å²) in [4.78, 5) is 63.9. The number of hydrogen-bond acceptors (Lipinski definition) is 7. The SMILES string of the molecule is O=C1CCC(C(=O)NC(Cc2ccccc2)C(=O)NC(Cc2ccc(O)cc2)C(=O)NC(Cc2ccc(O)cc2)C(=O)O)N1. The molecule has 3 aromatic carbocycles. The van der Waals surface area contributed by atoms with Crippen LogP contribution in [0.2, 0.25) is 0 Å². The van der Waals surface area contributed by atoms with E-state index in [1.165, 1.54) is 36.4 Å². The zero-order valence-corrected chi connectivity index (χ0v) is 23.7. The molecule has 12 nitrogen and oxygen atoms in total. The Morgan fingerprint density at radius 1 is 0.682 bits per heavy atom. The smallest absolute Gasteiger partial charge is 0.326 e. The molecule has 1 aliphatic rings. The van der Waals surface area contributed by atoms with Gasteiger partial charge in [-0.3, -0.25) is 19.2 Å². The summed E-state index contributed by atoms with van der Waals surface area (Å²) in [5, 5.41) is 39.5. The highest BCUT2D eigenvalue weighted by atomic mass is 16.4. The van der Waals surface area contributed by atoms with E-state index in [0.29, 0.717) is 11.1 Å². The zero-order chi connectivity index (χ0) is 31.6. The highest BCUT2D eigenvalue weighted by Crippen LogP contribution is 2.15. The van der Waals surface area contributed by atoms with E-state index >= 15 is 0 Å². The van der Waals surface area contributed by atoms with Gasteiger partial charge in [-0.25, -0.2) is 4.79 Å². The van der Waals surface area contributed by atoms with E-state index in [4.69, 9.17) is 0 Å². The number of phenolic OH excluding ortho intramolecular Hbond substituents is 2. The lowest BCUT2D eigenvalue weighted by Crippen LogP contribution is -2.58. The molecule has 0 aromatic heterocycles. The van der Waals surface area contributed by atoms with E-state index in [1.807, 2.05) is 0 Å². The Bertz CT molecular complexity index is 1480. The maximum atomic E-state index is 13.7.